The number of hydrogen-bond donors (Lipinski definition) is 0. The summed E-state index contributed by atoms with van der Waals surface area (Å²) in [6.45, 7) is 11.2. The summed E-state index contributed by atoms with van der Waals surface area (Å²) < 4.78 is 2.51. The van der Waals surface area contributed by atoms with E-state index in [2.05, 4.69) is 243 Å². The van der Waals surface area contributed by atoms with Crippen LogP contribution in [0.4, 0.5) is 34.1 Å². The van der Waals surface area contributed by atoms with Gasteiger partial charge in [0.2, 0.25) is 0 Å². The molecule has 0 N–H and O–H groups in total. The molecule has 0 atom stereocenters. The van der Waals surface area contributed by atoms with Gasteiger partial charge in [-0.2, -0.15) is 0 Å². The number of aryl methyl sites for hydroxylation is 2. The summed E-state index contributed by atoms with van der Waals surface area (Å²) in [6.07, 6.45) is 0. The van der Waals surface area contributed by atoms with E-state index in [0.29, 0.717) is 0 Å². The molecule has 1 aromatic heterocycles. The molecule has 0 amide bonds. The molecule has 0 saturated carbocycles. The van der Waals surface area contributed by atoms with Crippen molar-refractivity contribution >= 4 is 77.5 Å². The number of nitrogens with zero attached hydrogens (tertiary/aromatic N) is 3. The Morgan fingerprint density at radius 2 is 0.729 bits per heavy atom. The zero-order valence-electron chi connectivity index (χ0n) is 34.3. The predicted molar refractivity (Wildman–Crippen MR) is 253 cm³/mol. The summed E-state index contributed by atoms with van der Waals surface area (Å²) >= 11 is 0. The van der Waals surface area contributed by atoms with Crippen molar-refractivity contribution in [2.75, 3.05) is 9.80 Å². The largest absolute Gasteiger partial charge is 0.310 e. The number of para-hydroxylation sites is 2. The SMILES string of the molecule is Cc1ccc(N(c2ccccc2)c2cc3c(c4ccccc24)c2c4ccccc4c(N(c4ccccc4)c4ccc(C)cc4)cc2n3-c2ccc(C(C)(C)C)cc2)cc1. The van der Waals surface area contributed by atoms with Crippen LogP contribution in [0.25, 0.3) is 49.0 Å². The monoisotopic (exact) mass is 761 g/mol. The Labute approximate surface area is 347 Å². The van der Waals surface area contributed by atoms with Crippen LogP contribution in [-0.2, 0) is 5.41 Å². The maximum atomic E-state index is 2.51. The first kappa shape index (κ1) is 36.3. The van der Waals surface area contributed by atoms with Crippen LogP contribution >= 0.6 is 0 Å². The fraction of sp³-hybridized carbons (Fsp3) is 0.107. The van der Waals surface area contributed by atoms with E-state index in [1.165, 1.54) is 49.0 Å². The predicted octanol–water partition coefficient (Wildman–Crippen LogP) is 15.9. The van der Waals surface area contributed by atoms with Crippen LogP contribution in [0.1, 0.15) is 37.5 Å². The Morgan fingerprint density at radius 1 is 0.373 bits per heavy atom. The Bertz CT molecular complexity index is 2930. The number of anilines is 6. The molecule has 0 fully saturated rings. The summed E-state index contributed by atoms with van der Waals surface area (Å²) in [5, 5.41) is 7.34. The molecular formula is C56H47N3. The molecule has 286 valence electrons. The van der Waals surface area contributed by atoms with E-state index in [0.717, 1.165) is 50.8 Å². The molecule has 0 saturated heterocycles. The zero-order chi connectivity index (χ0) is 40.3. The summed E-state index contributed by atoms with van der Waals surface area (Å²) in [5.41, 5.74) is 14.0. The fourth-order valence-electron chi connectivity index (χ4n) is 8.85. The van der Waals surface area contributed by atoms with Gasteiger partial charge in [-0.1, -0.05) is 153 Å². The van der Waals surface area contributed by atoms with E-state index < -0.39 is 0 Å². The fourth-order valence-corrected chi connectivity index (χ4v) is 8.85. The minimum absolute atomic E-state index is 0.0283. The van der Waals surface area contributed by atoms with E-state index in [-0.39, 0.29) is 5.41 Å². The van der Waals surface area contributed by atoms with Crippen molar-refractivity contribution in [1.82, 2.24) is 4.57 Å². The van der Waals surface area contributed by atoms with Gasteiger partial charge in [0.15, 0.2) is 0 Å². The lowest BCUT2D eigenvalue weighted by Gasteiger charge is -2.27. The van der Waals surface area contributed by atoms with Gasteiger partial charge in [0.1, 0.15) is 0 Å². The van der Waals surface area contributed by atoms with Crippen LogP contribution in [0.15, 0.2) is 194 Å². The number of hydrogen-bond acceptors (Lipinski definition) is 2. The van der Waals surface area contributed by atoms with Crippen LogP contribution < -0.4 is 9.80 Å². The Hall–Kier alpha value is -7.10. The smallest absolute Gasteiger partial charge is 0.0568 e. The average molecular weight is 762 g/mol. The van der Waals surface area contributed by atoms with Crippen molar-refractivity contribution < 1.29 is 0 Å². The molecule has 0 aliphatic carbocycles. The van der Waals surface area contributed by atoms with Gasteiger partial charge in [-0.05, 0) is 108 Å². The highest BCUT2D eigenvalue weighted by Crippen LogP contribution is 2.50. The second-order valence-electron chi connectivity index (χ2n) is 16.8. The van der Waals surface area contributed by atoms with Crippen LogP contribution in [-0.4, -0.2) is 4.57 Å². The first-order valence-electron chi connectivity index (χ1n) is 20.6. The van der Waals surface area contributed by atoms with Crippen molar-refractivity contribution in [3.63, 3.8) is 0 Å². The third kappa shape index (κ3) is 6.31. The lowest BCUT2D eigenvalue weighted by molar-refractivity contribution is 0.590. The van der Waals surface area contributed by atoms with E-state index in [9.17, 15) is 0 Å². The lowest BCUT2D eigenvalue weighted by atomic mass is 9.87. The second-order valence-corrected chi connectivity index (χ2v) is 16.8. The van der Waals surface area contributed by atoms with Gasteiger partial charge in [0, 0.05) is 50.0 Å². The Balaban J connectivity index is 1.38. The number of rotatable bonds is 7. The van der Waals surface area contributed by atoms with Crippen molar-refractivity contribution in [1.29, 1.82) is 0 Å². The first-order chi connectivity index (χ1) is 28.7. The summed E-state index contributed by atoms with van der Waals surface area (Å²) in [7, 11) is 0. The van der Waals surface area contributed by atoms with Gasteiger partial charge in [0.05, 0.1) is 22.4 Å². The highest BCUT2D eigenvalue weighted by Gasteiger charge is 2.26. The summed E-state index contributed by atoms with van der Waals surface area (Å²) in [6, 6.07) is 71.4. The van der Waals surface area contributed by atoms with Crippen molar-refractivity contribution in [2.24, 2.45) is 0 Å². The normalized spacial score (nSPS) is 11.8. The van der Waals surface area contributed by atoms with Gasteiger partial charge in [-0.3, -0.25) is 0 Å². The van der Waals surface area contributed by atoms with Crippen LogP contribution in [0.3, 0.4) is 0 Å². The number of aromatic nitrogens is 1. The quantitative estimate of drug-likeness (QED) is 0.160. The van der Waals surface area contributed by atoms with Gasteiger partial charge >= 0.3 is 0 Å². The standard InChI is InChI=1S/C56H47N3/c1-38-24-30-43(31-25-38)57(41-16-8-6-9-17-41)50-36-52-54(48-22-14-12-20-46(48)50)55-49-23-15-13-21-47(49)51(37-53(55)59(52)45-34-28-40(29-35-45)56(3,4)5)58(42-18-10-7-11-19-42)44-32-26-39(2)27-33-44/h6-37H,1-5H3. The van der Waals surface area contributed by atoms with Gasteiger partial charge in [-0.25, -0.2) is 0 Å². The van der Waals surface area contributed by atoms with E-state index in [4.69, 9.17) is 0 Å². The highest BCUT2D eigenvalue weighted by molar-refractivity contribution is 6.32. The van der Waals surface area contributed by atoms with Crippen LogP contribution in [0, 0.1) is 13.8 Å². The van der Waals surface area contributed by atoms with E-state index in [1.807, 2.05) is 0 Å². The maximum absolute atomic E-state index is 2.51. The molecule has 0 radical (unpaired) electrons. The Kier molecular flexibility index (Phi) is 8.83. The molecule has 1 heterocycles. The molecule has 0 aliphatic heterocycles. The zero-order valence-corrected chi connectivity index (χ0v) is 34.3. The topological polar surface area (TPSA) is 11.4 Å². The summed E-state index contributed by atoms with van der Waals surface area (Å²) in [4.78, 5) is 4.84. The summed E-state index contributed by atoms with van der Waals surface area (Å²) in [5.74, 6) is 0. The lowest BCUT2D eigenvalue weighted by Crippen LogP contribution is -2.11. The molecule has 9 aromatic carbocycles. The molecule has 3 nitrogen and oxygen atoms in total. The van der Waals surface area contributed by atoms with E-state index in [1.54, 1.807) is 0 Å². The van der Waals surface area contributed by atoms with Crippen molar-refractivity contribution in [3.05, 3.63) is 211 Å². The van der Waals surface area contributed by atoms with Crippen molar-refractivity contribution in [3.8, 4) is 5.69 Å². The molecule has 0 bridgehead atoms. The number of benzene rings is 9. The van der Waals surface area contributed by atoms with E-state index >= 15 is 0 Å². The molecule has 10 rings (SSSR count). The minimum atomic E-state index is 0.0283. The molecule has 10 aromatic rings. The van der Waals surface area contributed by atoms with Crippen LogP contribution in [0.2, 0.25) is 0 Å². The molecule has 3 heteroatoms. The first-order valence-corrected chi connectivity index (χ1v) is 20.6. The number of fused-ring (bicyclic) bond motifs is 7. The molecule has 59 heavy (non-hydrogen) atoms. The maximum Gasteiger partial charge on any atom is 0.0568 e. The molecule has 0 aliphatic rings. The molecule has 0 spiro atoms. The third-order valence-corrected chi connectivity index (χ3v) is 11.8. The van der Waals surface area contributed by atoms with Gasteiger partial charge < -0.3 is 14.4 Å². The van der Waals surface area contributed by atoms with Crippen molar-refractivity contribution in [2.45, 2.75) is 40.0 Å². The van der Waals surface area contributed by atoms with Gasteiger partial charge in [-0.15, -0.1) is 0 Å². The minimum Gasteiger partial charge on any atom is -0.310 e. The molecular weight excluding hydrogens is 715 g/mol. The highest BCUT2D eigenvalue weighted by atomic mass is 15.2. The third-order valence-electron chi connectivity index (χ3n) is 11.8. The molecule has 0 unspecified atom stereocenters. The Morgan fingerprint density at radius 3 is 1.12 bits per heavy atom. The second kappa shape index (κ2) is 14.4. The van der Waals surface area contributed by atoms with Crippen LogP contribution in [0.5, 0.6) is 0 Å². The average Bonchev–Trinajstić information content (AvgIpc) is 3.60. The van der Waals surface area contributed by atoms with Gasteiger partial charge in [0.25, 0.3) is 0 Å².